The number of aliphatic hydroxyl groups is 1. The second-order valence-electron chi connectivity index (χ2n) is 12.0. The number of esters is 1. The Morgan fingerprint density at radius 2 is 1.56 bits per heavy atom. The van der Waals surface area contributed by atoms with Gasteiger partial charge in [-0.25, -0.2) is 9.59 Å². The lowest BCUT2D eigenvalue weighted by atomic mass is 9.90. The minimum atomic E-state index is -4.44. The predicted octanol–water partition coefficient (Wildman–Crippen LogP) is 4.39. The first-order valence-electron chi connectivity index (χ1n) is 13.9. The third-order valence-corrected chi connectivity index (χ3v) is 7.60. The first kappa shape index (κ1) is 35.7. The van der Waals surface area contributed by atoms with Gasteiger partial charge in [-0.2, -0.15) is 8.42 Å². The molecule has 2 atom stereocenters. The number of aryl methyl sites for hydroxylation is 2. The lowest BCUT2D eigenvalue weighted by Gasteiger charge is -2.29. The molecule has 0 fully saturated rings. The Kier molecular flexibility index (Phi) is 12.3. The molecule has 12 heteroatoms. The number of Topliss-reactive ketones (excluding diaryl/α,β-unsaturated/α-hetero) is 1. The molecule has 1 amide bonds. The fraction of sp³-hybridized carbons (Fsp3) is 0.516. The standard InChI is InChI=1S/C31H43NO10S/c1-20(2)14-25(32-29(35)42-30(5,6)7)28(34)31(8,36)19-41-43(37,38)27-21(3)15-24(16-22(27)4)39-18-26(33)40-17-23-12-10-9-11-13-23/h9-13,15-16,20,25,36H,14,17-19H2,1-8H3,(H,32,35)/t25-,31+/m0/s1. The number of ketones is 1. The maximum atomic E-state index is 13.2. The van der Waals surface area contributed by atoms with E-state index in [1.54, 1.807) is 20.8 Å². The van der Waals surface area contributed by atoms with E-state index in [0.717, 1.165) is 12.5 Å². The SMILES string of the molecule is Cc1cc(OCC(=O)OCc2ccccc2)cc(C)c1S(=O)(=O)OC[C@@](C)(O)C(=O)[C@H](CC(C)C)NC(=O)OC(C)(C)C. The summed E-state index contributed by atoms with van der Waals surface area (Å²) in [5.74, 6) is -1.21. The molecule has 0 saturated carbocycles. The van der Waals surface area contributed by atoms with E-state index in [4.69, 9.17) is 18.4 Å². The molecule has 0 radical (unpaired) electrons. The quantitative estimate of drug-likeness (QED) is 0.229. The summed E-state index contributed by atoms with van der Waals surface area (Å²) in [5, 5.41) is 13.4. The molecule has 2 aromatic rings. The van der Waals surface area contributed by atoms with Crippen LogP contribution in [0.3, 0.4) is 0 Å². The Bertz CT molecular complexity index is 1360. The van der Waals surface area contributed by atoms with Crippen LogP contribution in [-0.4, -0.2) is 61.8 Å². The highest BCUT2D eigenvalue weighted by Crippen LogP contribution is 2.28. The molecule has 0 aliphatic heterocycles. The van der Waals surface area contributed by atoms with Crippen LogP contribution in [0.4, 0.5) is 4.79 Å². The summed E-state index contributed by atoms with van der Waals surface area (Å²) < 4.78 is 47.4. The normalized spacial score (nSPS) is 14.0. The number of carbonyl (C=O) groups is 3. The second-order valence-corrected chi connectivity index (χ2v) is 13.6. The van der Waals surface area contributed by atoms with Crippen molar-refractivity contribution < 1.29 is 46.3 Å². The van der Waals surface area contributed by atoms with E-state index in [-0.39, 0.29) is 47.3 Å². The molecule has 0 unspecified atom stereocenters. The third kappa shape index (κ3) is 11.6. The molecule has 0 bridgehead atoms. The van der Waals surface area contributed by atoms with Crippen molar-refractivity contribution in [1.82, 2.24) is 5.32 Å². The van der Waals surface area contributed by atoms with Crippen LogP contribution in [-0.2, 0) is 40.0 Å². The Balaban J connectivity index is 2.08. The zero-order valence-electron chi connectivity index (χ0n) is 26.1. The lowest BCUT2D eigenvalue weighted by Crippen LogP contribution is -2.54. The number of rotatable bonds is 14. The smallest absolute Gasteiger partial charge is 0.408 e. The van der Waals surface area contributed by atoms with E-state index in [2.05, 4.69) is 5.32 Å². The number of hydrogen-bond donors (Lipinski definition) is 2. The van der Waals surface area contributed by atoms with Gasteiger partial charge in [-0.05, 0) is 82.7 Å². The van der Waals surface area contributed by atoms with Crippen molar-refractivity contribution in [3.8, 4) is 5.75 Å². The highest BCUT2D eigenvalue weighted by Gasteiger charge is 2.39. The zero-order valence-corrected chi connectivity index (χ0v) is 26.9. The molecule has 2 aromatic carbocycles. The van der Waals surface area contributed by atoms with Crippen LogP contribution in [0, 0.1) is 19.8 Å². The number of ether oxygens (including phenoxy) is 3. The van der Waals surface area contributed by atoms with Gasteiger partial charge in [0, 0.05) is 0 Å². The van der Waals surface area contributed by atoms with Crippen LogP contribution in [0.5, 0.6) is 5.75 Å². The molecule has 0 spiro atoms. The van der Waals surface area contributed by atoms with Crippen LogP contribution in [0.2, 0.25) is 0 Å². The fourth-order valence-electron chi connectivity index (χ4n) is 4.16. The summed E-state index contributed by atoms with van der Waals surface area (Å²) in [6.45, 7) is 11.7. The number of amides is 1. The van der Waals surface area contributed by atoms with Crippen LogP contribution >= 0.6 is 0 Å². The van der Waals surface area contributed by atoms with E-state index >= 15 is 0 Å². The van der Waals surface area contributed by atoms with Gasteiger partial charge in [0.15, 0.2) is 12.4 Å². The molecular formula is C31H43NO10S. The Labute approximate surface area is 254 Å². The van der Waals surface area contributed by atoms with Gasteiger partial charge in [0.05, 0.1) is 6.04 Å². The van der Waals surface area contributed by atoms with Crippen LogP contribution in [0.15, 0.2) is 47.4 Å². The Hall–Kier alpha value is -3.48. The van der Waals surface area contributed by atoms with Crippen LogP contribution in [0.25, 0.3) is 0 Å². The highest BCUT2D eigenvalue weighted by molar-refractivity contribution is 7.86. The zero-order chi connectivity index (χ0) is 32.6. The number of nitrogens with one attached hydrogen (secondary N) is 1. The number of alkyl carbamates (subject to hydrolysis) is 1. The summed E-state index contributed by atoms with van der Waals surface area (Å²) in [4.78, 5) is 37.5. The average Bonchev–Trinajstić information content (AvgIpc) is 2.87. The Morgan fingerprint density at radius 1 is 0.977 bits per heavy atom. The topological polar surface area (TPSA) is 155 Å². The number of hydrogen-bond acceptors (Lipinski definition) is 10. The molecule has 11 nitrogen and oxygen atoms in total. The minimum Gasteiger partial charge on any atom is -0.482 e. The van der Waals surface area contributed by atoms with Gasteiger partial charge in [-0.15, -0.1) is 0 Å². The second kappa shape index (κ2) is 14.8. The van der Waals surface area contributed by atoms with Crippen LogP contribution < -0.4 is 10.1 Å². The average molecular weight is 622 g/mol. The maximum absolute atomic E-state index is 13.2. The van der Waals surface area contributed by atoms with Gasteiger partial charge < -0.3 is 24.6 Å². The molecule has 0 aromatic heterocycles. The van der Waals surface area contributed by atoms with Crippen molar-refractivity contribution in [2.75, 3.05) is 13.2 Å². The number of carbonyl (C=O) groups excluding carboxylic acids is 3. The van der Waals surface area contributed by atoms with Crippen molar-refractivity contribution in [3.63, 3.8) is 0 Å². The fourth-order valence-corrected chi connectivity index (χ4v) is 5.57. The van der Waals surface area contributed by atoms with Crippen molar-refractivity contribution >= 4 is 28.0 Å². The number of benzene rings is 2. The van der Waals surface area contributed by atoms with E-state index in [9.17, 15) is 27.9 Å². The summed E-state index contributed by atoms with van der Waals surface area (Å²) >= 11 is 0. The molecule has 0 heterocycles. The molecule has 2 N–H and O–H groups in total. The molecule has 0 saturated heterocycles. The maximum Gasteiger partial charge on any atom is 0.408 e. The molecule has 43 heavy (non-hydrogen) atoms. The van der Waals surface area contributed by atoms with Gasteiger partial charge in [-0.3, -0.25) is 8.98 Å². The van der Waals surface area contributed by atoms with Crippen molar-refractivity contribution in [2.45, 2.75) is 90.6 Å². The molecular weight excluding hydrogens is 578 g/mol. The summed E-state index contributed by atoms with van der Waals surface area (Å²) in [5.41, 5.74) is -1.71. The van der Waals surface area contributed by atoms with E-state index in [1.165, 1.54) is 26.0 Å². The monoisotopic (exact) mass is 621 g/mol. The third-order valence-electron chi connectivity index (χ3n) is 6.02. The van der Waals surface area contributed by atoms with Crippen LogP contribution in [0.1, 0.15) is 64.7 Å². The van der Waals surface area contributed by atoms with Crippen molar-refractivity contribution in [1.29, 1.82) is 0 Å². The van der Waals surface area contributed by atoms with E-state index in [0.29, 0.717) is 0 Å². The van der Waals surface area contributed by atoms with Gasteiger partial charge in [0.2, 0.25) is 0 Å². The van der Waals surface area contributed by atoms with E-state index in [1.807, 2.05) is 44.2 Å². The van der Waals surface area contributed by atoms with Gasteiger partial charge >= 0.3 is 12.1 Å². The van der Waals surface area contributed by atoms with Gasteiger partial charge in [0.1, 0.15) is 35.1 Å². The first-order chi connectivity index (χ1) is 19.8. The largest absolute Gasteiger partial charge is 0.482 e. The summed E-state index contributed by atoms with van der Waals surface area (Å²) in [6.07, 6.45) is -0.658. The lowest BCUT2D eigenvalue weighted by molar-refractivity contribution is -0.147. The molecule has 0 aliphatic carbocycles. The first-order valence-corrected chi connectivity index (χ1v) is 15.3. The summed E-state index contributed by atoms with van der Waals surface area (Å²) in [7, 11) is -4.44. The summed E-state index contributed by atoms with van der Waals surface area (Å²) in [6, 6.07) is 10.9. The van der Waals surface area contributed by atoms with Gasteiger partial charge in [-0.1, -0.05) is 44.2 Å². The van der Waals surface area contributed by atoms with Crippen molar-refractivity contribution in [3.05, 3.63) is 59.2 Å². The highest BCUT2D eigenvalue weighted by atomic mass is 32.2. The minimum absolute atomic E-state index is 0.0407. The van der Waals surface area contributed by atoms with E-state index < -0.39 is 51.8 Å². The van der Waals surface area contributed by atoms with Crippen molar-refractivity contribution in [2.24, 2.45) is 5.92 Å². The Morgan fingerprint density at radius 3 is 2.09 bits per heavy atom. The predicted molar refractivity (Wildman–Crippen MR) is 159 cm³/mol. The van der Waals surface area contributed by atoms with Gasteiger partial charge in [0.25, 0.3) is 10.1 Å². The molecule has 238 valence electrons. The molecule has 2 rings (SSSR count). The molecule has 0 aliphatic rings.